The molecule has 2 aromatic carbocycles. The number of rotatable bonds is 5. The van der Waals surface area contributed by atoms with E-state index in [4.69, 9.17) is 27.9 Å². The van der Waals surface area contributed by atoms with Crippen molar-refractivity contribution in [1.29, 1.82) is 0 Å². The summed E-state index contributed by atoms with van der Waals surface area (Å²) in [5, 5.41) is 3.80. The van der Waals surface area contributed by atoms with E-state index in [2.05, 4.69) is 5.32 Å². The van der Waals surface area contributed by atoms with E-state index >= 15 is 0 Å². The van der Waals surface area contributed by atoms with Crippen LogP contribution in [0.5, 0.6) is 5.75 Å². The smallest absolute Gasteiger partial charge is 0.228 e. The second-order valence-electron chi connectivity index (χ2n) is 6.00. The average Bonchev–Trinajstić information content (AvgIpc) is 3.03. The largest absolute Gasteiger partial charge is 0.494 e. The molecular formula is C19H18Cl2N2O3. The Hall–Kier alpha value is -2.24. The number of anilines is 2. The van der Waals surface area contributed by atoms with Crippen LogP contribution in [-0.2, 0) is 16.0 Å². The Bertz CT molecular complexity index is 855. The summed E-state index contributed by atoms with van der Waals surface area (Å²) in [5.41, 5.74) is 2.00. The summed E-state index contributed by atoms with van der Waals surface area (Å²) in [6, 6.07) is 10.3. The third-order valence-corrected chi connectivity index (χ3v) is 4.78. The molecule has 5 nitrogen and oxygen atoms in total. The Morgan fingerprint density at radius 3 is 2.69 bits per heavy atom. The Labute approximate surface area is 161 Å². The third kappa shape index (κ3) is 4.11. The van der Waals surface area contributed by atoms with Gasteiger partial charge in [0.25, 0.3) is 0 Å². The minimum Gasteiger partial charge on any atom is -0.494 e. The Balaban J connectivity index is 1.73. The maximum atomic E-state index is 12.3. The fourth-order valence-electron chi connectivity index (χ4n) is 2.92. The number of halogens is 2. The van der Waals surface area contributed by atoms with Crippen molar-refractivity contribution < 1.29 is 14.3 Å². The van der Waals surface area contributed by atoms with Crippen molar-refractivity contribution in [1.82, 2.24) is 0 Å². The molecule has 0 aliphatic carbocycles. The Kier molecular flexibility index (Phi) is 5.69. The summed E-state index contributed by atoms with van der Waals surface area (Å²) in [4.78, 5) is 26.0. The van der Waals surface area contributed by atoms with Crippen LogP contribution in [0.25, 0.3) is 0 Å². The lowest BCUT2D eigenvalue weighted by Gasteiger charge is -2.19. The highest BCUT2D eigenvalue weighted by molar-refractivity contribution is 6.35. The second kappa shape index (κ2) is 7.98. The van der Waals surface area contributed by atoms with Gasteiger partial charge < -0.3 is 15.0 Å². The van der Waals surface area contributed by atoms with Gasteiger partial charge in [0.15, 0.2) is 0 Å². The second-order valence-corrected chi connectivity index (χ2v) is 6.84. The third-order valence-electron chi connectivity index (χ3n) is 4.19. The van der Waals surface area contributed by atoms with Gasteiger partial charge in [0.05, 0.1) is 19.2 Å². The first kappa shape index (κ1) is 18.5. The highest BCUT2D eigenvalue weighted by Crippen LogP contribution is 2.34. The molecule has 0 unspecified atom stereocenters. The van der Waals surface area contributed by atoms with Crippen LogP contribution < -0.4 is 15.0 Å². The van der Waals surface area contributed by atoms with Gasteiger partial charge in [-0.1, -0.05) is 29.3 Å². The SMILES string of the molecule is COc1cc(NC(=O)Cc2ccc(Cl)cc2Cl)ccc1N1CCCC1=O. The van der Waals surface area contributed by atoms with E-state index in [1.807, 2.05) is 0 Å². The van der Waals surface area contributed by atoms with Crippen molar-refractivity contribution in [3.63, 3.8) is 0 Å². The van der Waals surface area contributed by atoms with Gasteiger partial charge in [0.2, 0.25) is 11.8 Å². The molecule has 0 aromatic heterocycles. The van der Waals surface area contributed by atoms with Crippen molar-refractivity contribution in [2.24, 2.45) is 0 Å². The van der Waals surface area contributed by atoms with E-state index in [0.717, 1.165) is 6.42 Å². The monoisotopic (exact) mass is 392 g/mol. The molecule has 0 bridgehead atoms. The lowest BCUT2D eigenvalue weighted by molar-refractivity contribution is -0.117. The van der Waals surface area contributed by atoms with Gasteiger partial charge in [-0.3, -0.25) is 9.59 Å². The molecule has 0 spiro atoms. The van der Waals surface area contributed by atoms with E-state index < -0.39 is 0 Å². The van der Waals surface area contributed by atoms with E-state index in [1.54, 1.807) is 48.4 Å². The highest BCUT2D eigenvalue weighted by Gasteiger charge is 2.24. The summed E-state index contributed by atoms with van der Waals surface area (Å²) < 4.78 is 5.40. The van der Waals surface area contributed by atoms with Gasteiger partial charge in [0.1, 0.15) is 5.75 Å². The number of carbonyl (C=O) groups is 2. The fraction of sp³-hybridized carbons (Fsp3) is 0.263. The topological polar surface area (TPSA) is 58.6 Å². The Morgan fingerprint density at radius 1 is 1.23 bits per heavy atom. The first-order valence-electron chi connectivity index (χ1n) is 8.20. The molecule has 1 saturated heterocycles. The highest BCUT2D eigenvalue weighted by atomic mass is 35.5. The van der Waals surface area contributed by atoms with Crippen LogP contribution in [0.4, 0.5) is 11.4 Å². The summed E-state index contributed by atoms with van der Waals surface area (Å²) in [6.45, 7) is 0.677. The van der Waals surface area contributed by atoms with Gasteiger partial charge in [-0.2, -0.15) is 0 Å². The predicted molar refractivity (Wildman–Crippen MR) is 103 cm³/mol. The maximum absolute atomic E-state index is 12.3. The van der Waals surface area contributed by atoms with E-state index in [9.17, 15) is 9.59 Å². The van der Waals surface area contributed by atoms with Crippen molar-refractivity contribution in [2.45, 2.75) is 19.3 Å². The number of amides is 2. The minimum absolute atomic E-state index is 0.0810. The average molecular weight is 393 g/mol. The zero-order chi connectivity index (χ0) is 18.7. The molecule has 1 fully saturated rings. The normalized spacial score (nSPS) is 13.8. The summed E-state index contributed by atoms with van der Waals surface area (Å²) >= 11 is 12.0. The van der Waals surface area contributed by atoms with Crippen LogP contribution in [0, 0.1) is 0 Å². The molecule has 2 aromatic rings. The van der Waals surface area contributed by atoms with Crippen LogP contribution in [-0.4, -0.2) is 25.5 Å². The summed E-state index contributed by atoms with van der Waals surface area (Å²) in [6.07, 6.45) is 1.51. The van der Waals surface area contributed by atoms with Crippen molar-refractivity contribution >= 4 is 46.4 Å². The molecule has 1 aliphatic rings. The lowest BCUT2D eigenvalue weighted by Crippen LogP contribution is -2.24. The first-order chi connectivity index (χ1) is 12.5. The summed E-state index contributed by atoms with van der Waals surface area (Å²) in [7, 11) is 1.54. The van der Waals surface area contributed by atoms with E-state index in [1.165, 1.54) is 0 Å². The van der Waals surface area contributed by atoms with Gasteiger partial charge in [-0.05, 0) is 36.2 Å². The quantitative estimate of drug-likeness (QED) is 0.824. The Morgan fingerprint density at radius 2 is 2.04 bits per heavy atom. The number of hydrogen-bond donors (Lipinski definition) is 1. The van der Waals surface area contributed by atoms with Crippen LogP contribution in [0.15, 0.2) is 36.4 Å². The van der Waals surface area contributed by atoms with Crippen molar-refractivity contribution in [3.8, 4) is 5.75 Å². The zero-order valence-electron chi connectivity index (χ0n) is 14.2. The number of ether oxygens (including phenoxy) is 1. The van der Waals surface area contributed by atoms with Crippen LogP contribution in [0.3, 0.4) is 0 Å². The van der Waals surface area contributed by atoms with E-state index in [-0.39, 0.29) is 18.2 Å². The molecule has 1 N–H and O–H groups in total. The molecular weight excluding hydrogens is 375 g/mol. The molecule has 7 heteroatoms. The first-order valence-corrected chi connectivity index (χ1v) is 8.95. The number of hydrogen-bond acceptors (Lipinski definition) is 3. The minimum atomic E-state index is -0.207. The van der Waals surface area contributed by atoms with Crippen LogP contribution >= 0.6 is 23.2 Å². The van der Waals surface area contributed by atoms with Crippen LogP contribution in [0.1, 0.15) is 18.4 Å². The number of carbonyl (C=O) groups excluding carboxylic acids is 2. The van der Waals surface area contributed by atoms with Crippen molar-refractivity contribution in [3.05, 3.63) is 52.0 Å². The van der Waals surface area contributed by atoms with E-state index in [0.29, 0.717) is 45.7 Å². The standard InChI is InChI=1S/C19H18Cl2N2O3/c1-26-17-11-14(6-7-16(17)23-8-2-3-19(23)25)22-18(24)9-12-4-5-13(20)10-15(12)21/h4-7,10-11H,2-3,8-9H2,1H3,(H,22,24). The number of nitrogens with one attached hydrogen (secondary N) is 1. The van der Waals surface area contributed by atoms with Gasteiger partial charge in [-0.25, -0.2) is 0 Å². The molecule has 136 valence electrons. The van der Waals surface area contributed by atoms with Crippen molar-refractivity contribution in [2.75, 3.05) is 23.9 Å². The van der Waals surface area contributed by atoms with Gasteiger partial charge in [-0.15, -0.1) is 0 Å². The molecule has 3 rings (SSSR count). The zero-order valence-corrected chi connectivity index (χ0v) is 15.7. The number of benzene rings is 2. The molecule has 1 aliphatic heterocycles. The molecule has 2 amide bonds. The van der Waals surface area contributed by atoms with Gasteiger partial charge >= 0.3 is 0 Å². The van der Waals surface area contributed by atoms with Crippen LogP contribution in [0.2, 0.25) is 10.0 Å². The molecule has 0 saturated carbocycles. The number of nitrogens with zero attached hydrogens (tertiary/aromatic N) is 1. The molecule has 0 radical (unpaired) electrons. The maximum Gasteiger partial charge on any atom is 0.228 e. The number of methoxy groups -OCH3 is 1. The predicted octanol–water partition coefficient (Wildman–Crippen LogP) is 4.31. The summed E-state index contributed by atoms with van der Waals surface area (Å²) in [5.74, 6) is 0.418. The molecule has 0 atom stereocenters. The van der Waals surface area contributed by atoms with Gasteiger partial charge in [0, 0.05) is 34.8 Å². The lowest BCUT2D eigenvalue weighted by atomic mass is 10.1. The molecule has 1 heterocycles. The fourth-order valence-corrected chi connectivity index (χ4v) is 3.40. The molecule has 26 heavy (non-hydrogen) atoms.